The number of carbonyl (C=O) groups is 2. The van der Waals surface area contributed by atoms with Gasteiger partial charge in [-0.05, 0) is 48.0 Å². The van der Waals surface area contributed by atoms with Gasteiger partial charge in [-0.15, -0.1) is 0 Å². The molecule has 7 heteroatoms. The maximum absolute atomic E-state index is 13.7. The quantitative estimate of drug-likeness (QED) is 0.598. The van der Waals surface area contributed by atoms with Gasteiger partial charge < -0.3 is 24.4 Å². The molecule has 1 aliphatic heterocycles. The first-order chi connectivity index (χ1) is 15.6. The number of hydrogen-bond donors (Lipinski definition) is 1. The number of methoxy groups -OCH3 is 2. The Morgan fingerprint density at radius 1 is 0.906 bits per heavy atom. The summed E-state index contributed by atoms with van der Waals surface area (Å²) < 4.78 is 10.1. The van der Waals surface area contributed by atoms with E-state index >= 15 is 0 Å². The summed E-state index contributed by atoms with van der Waals surface area (Å²) in [5.74, 6) is 0.0454. The molecule has 164 valence electrons. The second-order valence-electron chi connectivity index (χ2n) is 7.33. The number of ether oxygens (including phenoxy) is 2. The van der Waals surface area contributed by atoms with Crippen LogP contribution in [0.1, 0.15) is 26.3 Å². The molecule has 1 N–H and O–H groups in total. The van der Waals surface area contributed by atoms with Crippen LogP contribution in [0.5, 0.6) is 5.75 Å². The summed E-state index contributed by atoms with van der Waals surface area (Å²) in [6, 6.07) is 19.9. The average molecular weight is 432 g/mol. The molecule has 0 bridgehead atoms. The molecule has 4 rings (SSSR count). The SMILES string of the molecule is COC(=O)c1ccc2c(c1)N(Cc1ccc(OC)cc1)C(=O)c1ccccc1N2CCO. The number of nitrogens with zero attached hydrogens (tertiary/aromatic N) is 2. The minimum atomic E-state index is -0.486. The minimum Gasteiger partial charge on any atom is -0.497 e. The normalized spacial score (nSPS) is 12.7. The van der Waals surface area contributed by atoms with E-state index in [9.17, 15) is 14.7 Å². The lowest BCUT2D eigenvalue weighted by atomic mass is 10.1. The summed E-state index contributed by atoms with van der Waals surface area (Å²) in [6.07, 6.45) is 0. The topological polar surface area (TPSA) is 79.3 Å². The molecule has 32 heavy (non-hydrogen) atoms. The van der Waals surface area contributed by atoms with Crippen LogP contribution in [0.4, 0.5) is 17.1 Å². The van der Waals surface area contributed by atoms with E-state index in [0.717, 1.165) is 17.0 Å². The van der Waals surface area contributed by atoms with Crippen LogP contribution in [0.2, 0.25) is 0 Å². The summed E-state index contributed by atoms with van der Waals surface area (Å²) in [5.41, 5.74) is 3.76. The fourth-order valence-electron chi connectivity index (χ4n) is 3.90. The molecule has 1 aliphatic rings. The Morgan fingerprint density at radius 2 is 1.66 bits per heavy atom. The van der Waals surface area contributed by atoms with Gasteiger partial charge in [0.15, 0.2) is 0 Å². The van der Waals surface area contributed by atoms with Crippen LogP contribution in [0.15, 0.2) is 66.7 Å². The van der Waals surface area contributed by atoms with Gasteiger partial charge in [0.25, 0.3) is 5.91 Å². The molecule has 0 fully saturated rings. The molecule has 1 heterocycles. The summed E-state index contributed by atoms with van der Waals surface area (Å²) in [4.78, 5) is 29.5. The average Bonchev–Trinajstić information content (AvgIpc) is 2.93. The maximum atomic E-state index is 13.7. The van der Waals surface area contributed by atoms with Gasteiger partial charge in [0.05, 0.1) is 55.6 Å². The Morgan fingerprint density at radius 3 is 2.34 bits per heavy atom. The monoisotopic (exact) mass is 432 g/mol. The van der Waals surface area contributed by atoms with Gasteiger partial charge in [-0.1, -0.05) is 24.3 Å². The van der Waals surface area contributed by atoms with Crippen LogP contribution in [0, 0.1) is 0 Å². The lowest BCUT2D eigenvalue weighted by Crippen LogP contribution is -2.30. The molecule has 0 unspecified atom stereocenters. The smallest absolute Gasteiger partial charge is 0.337 e. The lowest BCUT2D eigenvalue weighted by molar-refractivity contribution is 0.0600. The van der Waals surface area contributed by atoms with Crippen LogP contribution in [0.3, 0.4) is 0 Å². The van der Waals surface area contributed by atoms with Crippen LogP contribution >= 0.6 is 0 Å². The van der Waals surface area contributed by atoms with E-state index in [0.29, 0.717) is 35.6 Å². The fourth-order valence-corrected chi connectivity index (χ4v) is 3.90. The number of β-amino-alcohol motifs (C(OH)–C–C–N with tert-alkyl or cyclic N) is 1. The van der Waals surface area contributed by atoms with E-state index in [1.54, 1.807) is 36.3 Å². The van der Waals surface area contributed by atoms with Gasteiger partial charge in [-0.25, -0.2) is 4.79 Å². The highest BCUT2D eigenvalue weighted by Gasteiger charge is 2.31. The molecule has 7 nitrogen and oxygen atoms in total. The zero-order valence-electron chi connectivity index (χ0n) is 17.9. The number of aliphatic hydroxyl groups is 1. The first-order valence-corrected chi connectivity index (χ1v) is 10.2. The first kappa shape index (κ1) is 21.4. The Labute approximate surface area is 186 Å². The van der Waals surface area contributed by atoms with Crippen molar-refractivity contribution in [2.24, 2.45) is 0 Å². The van der Waals surface area contributed by atoms with E-state index < -0.39 is 5.97 Å². The zero-order chi connectivity index (χ0) is 22.7. The number of hydrogen-bond acceptors (Lipinski definition) is 6. The third kappa shape index (κ3) is 3.90. The van der Waals surface area contributed by atoms with Crippen LogP contribution in [-0.2, 0) is 11.3 Å². The summed E-state index contributed by atoms with van der Waals surface area (Å²) in [7, 11) is 2.92. The third-order valence-corrected chi connectivity index (χ3v) is 5.47. The zero-order valence-corrected chi connectivity index (χ0v) is 17.9. The van der Waals surface area contributed by atoms with Crippen molar-refractivity contribution in [3.05, 3.63) is 83.4 Å². The molecule has 0 aliphatic carbocycles. The maximum Gasteiger partial charge on any atom is 0.337 e. The van der Waals surface area contributed by atoms with E-state index in [2.05, 4.69) is 0 Å². The minimum absolute atomic E-state index is 0.0980. The fraction of sp³-hybridized carbons (Fsp3) is 0.200. The number of fused-ring (bicyclic) bond motifs is 2. The molecule has 0 saturated carbocycles. The van der Waals surface area contributed by atoms with Gasteiger partial charge in [-0.2, -0.15) is 0 Å². The Balaban J connectivity index is 1.89. The third-order valence-electron chi connectivity index (χ3n) is 5.47. The molecule has 1 amide bonds. The predicted octanol–water partition coefficient (Wildman–Crippen LogP) is 3.77. The highest BCUT2D eigenvalue weighted by Crippen LogP contribution is 2.41. The molecule has 0 radical (unpaired) electrons. The number of esters is 1. The predicted molar refractivity (Wildman–Crippen MR) is 122 cm³/mol. The largest absolute Gasteiger partial charge is 0.497 e. The highest BCUT2D eigenvalue weighted by molar-refractivity contribution is 6.14. The standard InChI is InChI=1S/C25H24N2O5/c1-31-19-10-7-17(8-11-19)16-27-23-15-18(25(30)32-2)9-12-22(23)26(13-14-28)21-6-4-3-5-20(21)24(27)29/h3-12,15,28H,13-14,16H2,1-2H3. The Bertz CT molecular complexity index is 1140. The number of anilines is 3. The van der Waals surface area contributed by atoms with Crippen molar-refractivity contribution in [1.29, 1.82) is 0 Å². The molecule has 0 spiro atoms. The van der Waals surface area contributed by atoms with Crippen molar-refractivity contribution >= 4 is 28.9 Å². The number of benzene rings is 3. The first-order valence-electron chi connectivity index (χ1n) is 10.2. The van der Waals surface area contributed by atoms with E-state index in [1.807, 2.05) is 47.4 Å². The summed E-state index contributed by atoms with van der Waals surface area (Å²) in [6.45, 7) is 0.492. The summed E-state index contributed by atoms with van der Waals surface area (Å²) >= 11 is 0. The van der Waals surface area contributed by atoms with Gasteiger partial charge in [0.1, 0.15) is 5.75 Å². The van der Waals surface area contributed by atoms with Crippen molar-refractivity contribution in [2.75, 3.05) is 37.2 Å². The van der Waals surface area contributed by atoms with Crippen molar-refractivity contribution in [1.82, 2.24) is 0 Å². The van der Waals surface area contributed by atoms with Crippen molar-refractivity contribution < 1.29 is 24.2 Å². The second kappa shape index (κ2) is 9.11. The number of rotatable bonds is 6. The van der Waals surface area contributed by atoms with Gasteiger partial charge >= 0.3 is 5.97 Å². The molecule has 0 atom stereocenters. The molecular weight excluding hydrogens is 408 g/mol. The van der Waals surface area contributed by atoms with Gasteiger partial charge in [0.2, 0.25) is 0 Å². The Hall–Kier alpha value is -3.84. The lowest BCUT2D eigenvalue weighted by Gasteiger charge is -2.27. The van der Waals surface area contributed by atoms with Gasteiger partial charge in [-0.3, -0.25) is 4.79 Å². The highest BCUT2D eigenvalue weighted by atomic mass is 16.5. The van der Waals surface area contributed by atoms with Gasteiger partial charge in [0, 0.05) is 6.54 Å². The molecule has 0 saturated heterocycles. The van der Waals surface area contributed by atoms with E-state index in [1.165, 1.54) is 7.11 Å². The van der Waals surface area contributed by atoms with E-state index in [-0.39, 0.29) is 12.5 Å². The second-order valence-corrected chi connectivity index (χ2v) is 7.33. The number of carbonyl (C=O) groups excluding carboxylic acids is 2. The summed E-state index contributed by atoms with van der Waals surface area (Å²) in [5, 5.41) is 9.73. The van der Waals surface area contributed by atoms with Crippen LogP contribution in [-0.4, -0.2) is 44.4 Å². The Kier molecular flexibility index (Phi) is 6.09. The number of para-hydroxylation sites is 1. The molecule has 3 aromatic rings. The van der Waals surface area contributed by atoms with Crippen molar-refractivity contribution in [3.8, 4) is 5.75 Å². The number of amides is 1. The van der Waals surface area contributed by atoms with Crippen molar-refractivity contribution in [2.45, 2.75) is 6.54 Å². The molecule has 0 aromatic heterocycles. The number of aliphatic hydroxyl groups excluding tert-OH is 1. The van der Waals surface area contributed by atoms with Crippen LogP contribution < -0.4 is 14.5 Å². The van der Waals surface area contributed by atoms with Crippen LogP contribution in [0.25, 0.3) is 0 Å². The van der Waals surface area contributed by atoms with Crippen molar-refractivity contribution in [3.63, 3.8) is 0 Å². The molecule has 3 aromatic carbocycles. The molecular formula is C25H24N2O5. The van der Waals surface area contributed by atoms with E-state index in [4.69, 9.17) is 9.47 Å².